The molecule has 1 aromatic carbocycles. The molecule has 0 radical (unpaired) electrons. The summed E-state index contributed by atoms with van der Waals surface area (Å²) in [6.07, 6.45) is 0.814. The van der Waals surface area contributed by atoms with Gasteiger partial charge in [0.25, 0.3) is 0 Å². The summed E-state index contributed by atoms with van der Waals surface area (Å²) in [5.74, 6) is -1.79. The fraction of sp³-hybridized carbons (Fsp3) is 0.500. The summed E-state index contributed by atoms with van der Waals surface area (Å²) in [4.78, 5) is 11.3. The first kappa shape index (κ1) is 19.4. The summed E-state index contributed by atoms with van der Waals surface area (Å²) >= 11 is 0. The van der Waals surface area contributed by atoms with Crippen LogP contribution in [0.2, 0.25) is 0 Å². The van der Waals surface area contributed by atoms with Crippen LogP contribution in [0.1, 0.15) is 31.4 Å². The predicted molar refractivity (Wildman–Crippen MR) is 76.2 cm³/mol. The third-order valence-electron chi connectivity index (χ3n) is 3.20. The van der Waals surface area contributed by atoms with E-state index in [0.29, 0.717) is 12.0 Å². The normalized spacial score (nSPS) is 15.2. The molecule has 1 aromatic rings. The Morgan fingerprint density at radius 1 is 1.22 bits per heavy atom. The highest BCUT2D eigenvalue weighted by Gasteiger charge is 2.53. The quantitative estimate of drug-likeness (QED) is 0.601. The molecule has 1 atom stereocenters. The lowest BCUT2D eigenvalue weighted by Gasteiger charge is -2.26. The molecule has 0 aliphatic rings. The van der Waals surface area contributed by atoms with Crippen molar-refractivity contribution in [2.75, 3.05) is 0 Å². The molecule has 1 N–H and O–H groups in total. The summed E-state index contributed by atoms with van der Waals surface area (Å²) in [6, 6.07) is 6.55. The largest absolute Gasteiger partial charge is 0.523 e. The van der Waals surface area contributed by atoms with E-state index in [1.807, 2.05) is 6.92 Å². The van der Waals surface area contributed by atoms with Gasteiger partial charge in [0.2, 0.25) is 0 Å². The van der Waals surface area contributed by atoms with Gasteiger partial charge in [-0.15, -0.1) is 0 Å². The van der Waals surface area contributed by atoms with Gasteiger partial charge in [-0.1, -0.05) is 37.6 Å². The number of carbonyl (C=O) groups is 1. The highest BCUT2D eigenvalue weighted by molar-refractivity contribution is 7.87. The van der Waals surface area contributed by atoms with Gasteiger partial charge in [0.1, 0.15) is 0 Å². The first-order valence-electron chi connectivity index (χ1n) is 6.75. The molecule has 1 rings (SSSR count). The molecule has 0 spiro atoms. The van der Waals surface area contributed by atoms with Crippen LogP contribution in [0.4, 0.5) is 13.2 Å². The third kappa shape index (κ3) is 4.68. The number of rotatable bonds is 7. The van der Waals surface area contributed by atoms with Crippen LogP contribution < -0.4 is 0 Å². The molecule has 0 aliphatic heterocycles. The summed E-state index contributed by atoms with van der Waals surface area (Å²) in [6.45, 7) is 2.69. The molecule has 23 heavy (non-hydrogen) atoms. The molecular formula is C14H17F3O5S. The van der Waals surface area contributed by atoms with Gasteiger partial charge in [-0.3, -0.25) is 0 Å². The molecule has 9 heteroatoms. The second-order valence-electron chi connectivity index (χ2n) is 5.21. The van der Waals surface area contributed by atoms with Gasteiger partial charge in [0.05, 0.1) is 0 Å². The van der Waals surface area contributed by atoms with Gasteiger partial charge >= 0.3 is 21.6 Å². The SMILES string of the molecule is CCCc1ccccc1C[C@@](C)(OS(=O)(=O)C(F)(F)F)C(=O)O. The first-order valence-corrected chi connectivity index (χ1v) is 8.16. The molecule has 0 saturated heterocycles. The van der Waals surface area contributed by atoms with Gasteiger partial charge in [0.15, 0.2) is 5.60 Å². The van der Waals surface area contributed by atoms with E-state index in [1.165, 1.54) is 6.07 Å². The zero-order chi connectivity index (χ0) is 17.9. The average Bonchev–Trinajstić information content (AvgIpc) is 2.39. The maximum Gasteiger partial charge on any atom is 0.523 e. The van der Waals surface area contributed by atoms with Gasteiger partial charge in [-0.2, -0.15) is 21.6 Å². The van der Waals surface area contributed by atoms with Crippen molar-refractivity contribution >= 4 is 16.1 Å². The van der Waals surface area contributed by atoms with Crippen molar-refractivity contribution in [1.29, 1.82) is 0 Å². The van der Waals surface area contributed by atoms with Crippen LogP contribution in [0.25, 0.3) is 0 Å². The van der Waals surface area contributed by atoms with Gasteiger partial charge in [0, 0.05) is 6.42 Å². The molecule has 0 bridgehead atoms. The molecule has 0 fully saturated rings. The van der Waals surface area contributed by atoms with Crippen LogP contribution in [-0.2, 0) is 31.9 Å². The van der Waals surface area contributed by atoms with Crippen molar-refractivity contribution in [3.8, 4) is 0 Å². The highest BCUT2D eigenvalue weighted by Crippen LogP contribution is 2.31. The lowest BCUT2D eigenvalue weighted by Crippen LogP contribution is -2.45. The summed E-state index contributed by atoms with van der Waals surface area (Å²) in [5, 5.41) is 9.19. The van der Waals surface area contributed by atoms with E-state index < -0.39 is 33.6 Å². The molecule has 5 nitrogen and oxygen atoms in total. The molecule has 0 amide bonds. The minimum atomic E-state index is -6.03. The van der Waals surface area contributed by atoms with Crippen molar-refractivity contribution in [1.82, 2.24) is 0 Å². The predicted octanol–water partition coefficient (Wildman–Crippen LogP) is 2.89. The zero-order valence-electron chi connectivity index (χ0n) is 12.6. The summed E-state index contributed by atoms with van der Waals surface area (Å²) < 4.78 is 63.7. The van der Waals surface area contributed by atoms with E-state index in [4.69, 9.17) is 0 Å². The molecule has 0 aromatic heterocycles. The van der Waals surface area contributed by atoms with Crippen molar-refractivity contribution in [2.24, 2.45) is 0 Å². The van der Waals surface area contributed by atoms with Crippen LogP contribution in [0, 0.1) is 0 Å². The molecule has 0 heterocycles. The standard InChI is InChI=1S/C14H17F3O5S/c1-3-6-10-7-4-5-8-11(10)9-13(2,12(18)19)22-23(20,21)14(15,16)17/h4-5,7-8H,3,6,9H2,1-2H3,(H,18,19)/t13-/m1/s1. The van der Waals surface area contributed by atoms with Crippen molar-refractivity contribution in [3.63, 3.8) is 0 Å². The van der Waals surface area contributed by atoms with Gasteiger partial charge in [-0.05, 0) is 24.5 Å². The van der Waals surface area contributed by atoms with Crippen LogP contribution >= 0.6 is 0 Å². The Morgan fingerprint density at radius 2 is 1.74 bits per heavy atom. The minimum Gasteiger partial charge on any atom is -0.479 e. The lowest BCUT2D eigenvalue weighted by atomic mass is 9.92. The summed E-state index contributed by atoms with van der Waals surface area (Å²) in [5.41, 5.74) is -7.09. The Morgan fingerprint density at radius 3 is 2.17 bits per heavy atom. The van der Waals surface area contributed by atoms with E-state index in [2.05, 4.69) is 4.18 Å². The number of hydrogen-bond donors (Lipinski definition) is 1. The Bertz CT molecular complexity index is 669. The first-order chi connectivity index (χ1) is 10.4. The molecule has 0 unspecified atom stereocenters. The van der Waals surface area contributed by atoms with Crippen molar-refractivity contribution in [2.45, 2.75) is 44.2 Å². The third-order valence-corrected chi connectivity index (χ3v) is 4.35. The Hall–Kier alpha value is -1.61. The summed E-state index contributed by atoms with van der Waals surface area (Å²) in [7, 11) is -6.03. The number of benzene rings is 1. The highest BCUT2D eigenvalue weighted by atomic mass is 32.2. The van der Waals surface area contributed by atoms with Gasteiger partial charge in [-0.25, -0.2) is 8.98 Å². The average molecular weight is 354 g/mol. The zero-order valence-corrected chi connectivity index (χ0v) is 13.4. The van der Waals surface area contributed by atoms with Crippen LogP contribution in [0.15, 0.2) is 24.3 Å². The maximum absolute atomic E-state index is 12.5. The Kier molecular flexibility index (Phi) is 5.81. The van der Waals surface area contributed by atoms with E-state index in [-0.39, 0.29) is 0 Å². The van der Waals surface area contributed by atoms with E-state index in [0.717, 1.165) is 18.9 Å². The number of alkyl halides is 3. The van der Waals surface area contributed by atoms with Gasteiger partial charge < -0.3 is 5.11 Å². The minimum absolute atomic E-state index is 0.427. The number of aryl methyl sites for hydroxylation is 1. The number of carboxylic acids is 1. The Labute approximate surface area is 132 Å². The monoisotopic (exact) mass is 354 g/mol. The molecule has 130 valence electrons. The maximum atomic E-state index is 12.5. The number of carboxylic acid groups (broad SMARTS) is 1. The van der Waals surface area contributed by atoms with Crippen LogP contribution in [0.5, 0.6) is 0 Å². The fourth-order valence-corrected chi connectivity index (χ4v) is 2.75. The van der Waals surface area contributed by atoms with E-state index in [9.17, 15) is 31.5 Å². The second-order valence-corrected chi connectivity index (χ2v) is 6.75. The topological polar surface area (TPSA) is 80.7 Å². The second kappa shape index (κ2) is 6.88. The Balaban J connectivity index is 3.20. The van der Waals surface area contributed by atoms with Crippen LogP contribution in [-0.4, -0.2) is 30.6 Å². The molecule has 0 aliphatic carbocycles. The molecule has 0 saturated carbocycles. The van der Waals surface area contributed by atoms with E-state index >= 15 is 0 Å². The fourth-order valence-electron chi connectivity index (χ4n) is 2.04. The van der Waals surface area contributed by atoms with Crippen molar-refractivity contribution < 1.29 is 35.7 Å². The number of hydrogen-bond acceptors (Lipinski definition) is 4. The van der Waals surface area contributed by atoms with Crippen LogP contribution in [0.3, 0.4) is 0 Å². The molecular weight excluding hydrogens is 337 g/mol. The number of halogens is 3. The number of aliphatic carboxylic acids is 1. The van der Waals surface area contributed by atoms with Crippen molar-refractivity contribution in [3.05, 3.63) is 35.4 Å². The smallest absolute Gasteiger partial charge is 0.479 e. The van der Waals surface area contributed by atoms with E-state index in [1.54, 1.807) is 18.2 Å². The lowest BCUT2D eigenvalue weighted by molar-refractivity contribution is -0.154.